The number of nitrogens with one attached hydrogen (secondary N) is 1. The van der Waals surface area contributed by atoms with E-state index in [2.05, 4.69) is 12.2 Å². The zero-order valence-electron chi connectivity index (χ0n) is 8.63. The SMILES string of the molecule is CC1CCC1CNC1CCCC1N. The normalized spacial score (nSPS) is 44.8. The lowest BCUT2D eigenvalue weighted by atomic mass is 9.75. The quantitative estimate of drug-likeness (QED) is 0.694. The lowest BCUT2D eigenvalue weighted by Gasteiger charge is -2.35. The zero-order chi connectivity index (χ0) is 9.26. The third-order valence-electron chi connectivity index (χ3n) is 4.01. The topological polar surface area (TPSA) is 38.0 Å². The Kier molecular flexibility index (Phi) is 2.89. The first-order chi connectivity index (χ1) is 6.27. The highest BCUT2D eigenvalue weighted by atomic mass is 15.0. The Labute approximate surface area is 81.3 Å². The molecule has 2 rings (SSSR count). The fraction of sp³-hybridized carbons (Fsp3) is 1.00. The molecule has 0 heterocycles. The van der Waals surface area contributed by atoms with Gasteiger partial charge in [-0.2, -0.15) is 0 Å². The minimum absolute atomic E-state index is 0.426. The minimum Gasteiger partial charge on any atom is -0.326 e. The van der Waals surface area contributed by atoms with Crippen LogP contribution in [0.25, 0.3) is 0 Å². The molecule has 0 bridgehead atoms. The van der Waals surface area contributed by atoms with Crippen LogP contribution in [0, 0.1) is 11.8 Å². The molecule has 13 heavy (non-hydrogen) atoms. The van der Waals surface area contributed by atoms with E-state index in [1.54, 1.807) is 0 Å². The fourth-order valence-electron chi connectivity index (χ4n) is 2.58. The van der Waals surface area contributed by atoms with Gasteiger partial charge >= 0.3 is 0 Å². The Hall–Kier alpha value is -0.0800. The van der Waals surface area contributed by atoms with Crippen molar-refractivity contribution >= 4 is 0 Å². The molecule has 0 amide bonds. The largest absolute Gasteiger partial charge is 0.326 e. The average molecular weight is 182 g/mol. The number of hydrogen-bond acceptors (Lipinski definition) is 2. The number of nitrogens with two attached hydrogens (primary N) is 1. The van der Waals surface area contributed by atoms with Crippen molar-refractivity contribution < 1.29 is 0 Å². The Morgan fingerprint density at radius 3 is 2.54 bits per heavy atom. The Balaban J connectivity index is 1.67. The van der Waals surface area contributed by atoms with E-state index in [1.807, 2.05) is 0 Å². The molecule has 2 heteroatoms. The van der Waals surface area contributed by atoms with E-state index >= 15 is 0 Å². The summed E-state index contributed by atoms with van der Waals surface area (Å²) in [7, 11) is 0. The van der Waals surface area contributed by atoms with Crippen molar-refractivity contribution in [1.82, 2.24) is 5.32 Å². The van der Waals surface area contributed by atoms with Gasteiger partial charge in [-0.25, -0.2) is 0 Å². The van der Waals surface area contributed by atoms with E-state index in [1.165, 1.54) is 38.6 Å². The van der Waals surface area contributed by atoms with Crippen molar-refractivity contribution in [2.45, 2.75) is 51.1 Å². The molecule has 0 spiro atoms. The molecule has 4 atom stereocenters. The van der Waals surface area contributed by atoms with Gasteiger partial charge in [0.2, 0.25) is 0 Å². The molecule has 0 radical (unpaired) electrons. The van der Waals surface area contributed by atoms with Gasteiger partial charge < -0.3 is 11.1 Å². The smallest absolute Gasteiger partial charge is 0.0219 e. The number of rotatable bonds is 3. The third-order valence-corrected chi connectivity index (χ3v) is 4.01. The van der Waals surface area contributed by atoms with Gasteiger partial charge in [0.05, 0.1) is 0 Å². The fourth-order valence-corrected chi connectivity index (χ4v) is 2.58. The molecule has 0 aromatic rings. The summed E-state index contributed by atoms with van der Waals surface area (Å²) in [6.07, 6.45) is 6.69. The summed E-state index contributed by atoms with van der Waals surface area (Å²) in [5.74, 6) is 1.89. The molecule has 0 aliphatic heterocycles. The summed E-state index contributed by atoms with van der Waals surface area (Å²) in [5, 5.41) is 3.64. The molecule has 2 aliphatic rings. The third kappa shape index (κ3) is 2.05. The van der Waals surface area contributed by atoms with E-state index in [4.69, 9.17) is 5.73 Å². The van der Waals surface area contributed by atoms with Crippen LogP contribution in [0.5, 0.6) is 0 Å². The van der Waals surface area contributed by atoms with Crippen LogP contribution in [-0.2, 0) is 0 Å². The van der Waals surface area contributed by atoms with Crippen LogP contribution in [0.2, 0.25) is 0 Å². The van der Waals surface area contributed by atoms with Gasteiger partial charge in [-0.3, -0.25) is 0 Å². The van der Waals surface area contributed by atoms with E-state index in [-0.39, 0.29) is 0 Å². The van der Waals surface area contributed by atoms with Crippen molar-refractivity contribution in [3.05, 3.63) is 0 Å². The molecule has 2 fully saturated rings. The van der Waals surface area contributed by atoms with Gasteiger partial charge in [-0.1, -0.05) is 19.8 Å². The summed E-state index contributed by atoms with van der Waals surface area (Å²) in [4.78, 5) is 0. The highest BCUT2D eigenvalue weighted by Crippen LogP contribution is 2.33. The molecule has 2 saturated carbocycles. The van der Waals surface area contributed by atoms with E-state index in [0.29, 0.717) is 12.1 Å². The van der Waals surface area contributed by atoms with E-state index < -0.39 is 0 Å². The van der Waals surface area contributed by atoms with Gasteiger partial charge in [-0.05, 0) is 37.6 Å². The van der Waals surface area contributed by atoms with Crippen LogP contribution in [0.15, 0.2) is 0 Å². The maximum absolute atomic E-state index is 6.00. The Bertz CT molecular complexity index is 169. The minimum atomic E-state index is 0.426. The average Bonchev–Trinajstić information content (AvgIpc) is 2.50. The summed E-state index contributed by atoms with van der Waals surface area (Å²) in [5.41, 5.74) is 6.00. The highest BCUT2D eigenvalue weighted by Gasteiger charge is 2.29. The van der Waals surface area contributed by atoms with Crippen LogP contribution in [0.1, 0.15) is 39.0 Å². The van der Waals surface area contributed by atoms with Crippen LogP contribution >= 0.6 is 0 Å². The van der Waals surface area contributed by atoms with Crippen LogP contribution in [0.4, 0.5) is 0 Å². The first-order valence-electron chi connectivity index (χ1n) is 5.76. The second-order valence-electron chi connectivity index (χ2n) is 4.92. The number of hydrogen-bond donors (Lipinski definition) is 2. The summed E-state index contributed by atoms with van der Waals surface area (Å²) >= 11 is 0. The van der Waals surface area contributed by atoms with Gasteiger partial charge in [-0.15, -0.1) is 0 Å². The van der Waals surface area contributed by atoms with Crippen molar-refractivity contribution in [2.24, 2.45) is 17.6 Å². The molecule has 2 nitrogen and oxygen atoms in total. The second-order valence-corrected chi connectivity index (χ2v) is 4.92. The molecular formula is C11H22N2. The molecule has 0 aromatic heterocycles. The van der Waals surface area contributed by atoms with Gasteiger partial charge in [0.25, 0.3) is 0 Å². The van der Waals surface area contributed by atoms with Crippen LogP contribution < -0.4 is 11.1 Å². The van der Waals surface area contributed by atoms with Crippen LogP contribution in [0.3, 0.4) is 0 Å². The second kappa shape index (κ2) is 3.97. The molecular weight excluding hydrogens is 160 g/mol. The molecule has 76 valence electrons. The first-order valence-corrected chi connectivity index (χ1v) is 5.76. The summed E-state index contributed by atoms with van der Waals surface area (Å²) in [6.45, 7) is 3.57. The Morgan fingerprint density at radius 2 is 2.08 bits per heavy atom. The van der Waals surface area contributed by atoms with Crippen molar-refractivity contribution in [1.29, 1.82) is 0 Å². The van der Waals surface area contributed by atoms with Gasteiger partial charge in [0, 0.05) is 12.1 Å². The van der Waals surface area contributed by atoms with Gasteiger partial charge in [0.1, 0.15) is 0 Å². The monoisotopic (exact) mass is 182 g/mol. The lowest BCUT2D eigenvalue weighted by molar-refractivity contribution is 0.184. The summed E-state index contributed by atoms with van der Waals surface area (Å²) < 4.78 is 0. The zero-order valence-corrected chi connectivity index (χ0v) is 8.63. The maximum atomic E-state index is 6.00. The van der Waals surface area contributed by atoms with E-state index in [0.717, 1.165) is 11.8 Å². The van der Waals surface area contributed by atoms with Crippen molar-refractivity contribution in [2.75, 3.05) is 6.54 Å². The predicted molar refractivity (Wildman–Crippen MR) is 55.5 cm³/mol. The highest BCUT2D eigenvalue weighted by molar-refractivity contribution is 4.88. The first kappa shape index (κ1) is 9.47. The van der Waals surface area contributed by atoms with Crippen molar-refractivity contribution in [3.8, 4) is 0 Å². The predicted octanol–water partition coefficient (Wildman–Crippen LogP) is 1.50. The van der Waals surface area contributed by atoms with E-state index in [9.17, 15) is 0 Å². The molecule has 0 saturated heterocycles. The van der Waals surface area contributed by atoms with Gasteiger partial charge in [0.15, 0.2) is 0 Å². The molecule has 2 aliphatic carbocycles. The standard InChI is InChI=1S/C11H22N2/c1-8-5-6-9(8)7-13-11-4-2-3-10(11)12/h8-11,13H,2-7,12H2,1H3. The maximum Gasteiger partial charge on any atom is 0.0219 e. The van der Waals surface area contributed by atoms with Crippen LogP contribution in [-0.4, -0.2) is 18.6 Å². The lowest BCUT2D eigenvalue weighted by Crippen LogP contribution is -2.45. The summed E-state index contributed by atoms with van der Waals surface area (Å²) in [6, 6.07) is 1.04. The molecule has 4 unspecified atom stereocenters. The Morgan fingerprint density at radius 1 is 1.23 bits per heavy atom. The molecule has 3 N–H and O–H groups in total. The van der Waals surface area contributed by atoms with Crippen molar-refractivity contribution in [3.63, 3.8) is 0 Å². The molecule has 0 aromatic carbocycles.